The van der Waals surface area contributed by atoms with Gasteiger partial charge < -0.3 is 15.5 Å². The van der Waals surface area contributed by atoms with Crippen molar-refractivity contribution in [1.29, 1.82) is 0 Å². The van der Waals surface area contributed by atoms with E-state index in [-0.39, 0.29) is 0 Å². The molecular formula is C15H25N3. The van der Waals surface area contributed by atoms with Gasteiger partial charge in [-0.15, -0.1) is 0 Å². The van der Waals surface area contributed by atoms with Gasteiger partial charge in [-0.2, -0.15) is 0 Å². The van der Waals surface area contributed by atoms with E-state index in [0.29, 0.717) is 0 Å². The van der Waals surface area contributed by atoms with Crippen LogP contribution in [0.25, 0.3) is 0 Å². The Kier molecular flexibility index (Phi) is 5.65. The average Bonchev–Trinajstić information content (AvgIpc) is 2.42. The van der Waals surface area contributed by atoms with Crippen molar-refractivity contribution in [3.8, 4) is 0 Å². The minimum absolute atomic E-state index is 0.988. The van der Waals surface area contributed by atoms with Crippen molar-refractivity contribution in [2.45, 2.75) is 19.9 Å². The second-order valence-corrected chi connectivity index (χ2v) is 5.11. The van der Waals surface area contributed by atoms with Gasteiger partial charge in [0, 0.05) is 32.7 Å². The number of benzene rings is 1. The van der Waals surface area contributed by atoms with Crippen LogP contribution in [0.3, 0.4) is 0 Å². The smallest absolute Gasteiger partial charge is 0.0205 e. The first kappa shape index (κ1) is 13.5. The predicted molar refractivity (Wildman–Crippen MR) is 76.8 cm³/mol. The maximum atomic E-state index is 3.52. The van der Waals surface area contributed by atoms with Gasteiger partial charge in [0.15, 0.2) is 0 Å². The molecule has 1 aromatic rings. The van der Waals surface area contributed by atoms with E-state index < -0.39 is 0 Å². The van der Waals surface area contributed by atoms with Crippen molar-refractivity contribution in [3.63, 3.8) is 0 Å². The molecule has 0 bridgehead atoms. The topological polar surface area (TPSA) is 27.3 Å². The van der Waals surface area contributed by atoms with Crippen LogP contribution in [0.4, 0.5) is 0 Å². The minimum Gasteiger partial charge on any atom is -0.314 e. The number of piperazine rings is 1. The van der Waals surface area contributed by atoms with E-state index in [4.69, 9.17) is 0 Å². The number of rotatable bonds is 6. The van der Waals surface area contributed by atoms with Crippen LogP contribution in [0.1, 0.15) is 17.5 Å². The average molecular weight is 247 g/mol. The summed E-state index contributed by atoms with van der Waals surface area (Å²) < 4.78 is 0. The van der Waals surface area contributed by atoms with E-state index in [0.717, 1.165) is 26.2 Å². The summed E-state index contributed by atoms with van der Waals surface area (Å²) in [7, 11) is 0. The first-order valence-electron chi connectivity index (χ1n) is 7.04. The molecule has 0 unspecified atom stereocenters. The summed E-state index contributed by atoms with van der Waals surface area (Å²) in [5.74, 6) is 0. The lowest BCUT2D eigenvalue weighted by Gasteiger charge is -2.27. The Hall–Kier alpha value is -0.900. The molecule has 18 heavy (non-hydrogen) atoms. The van der Waals surface area contributed by atoms with Crippen LogP contribution < -0.4 is 10.6 Å². The van der Waals surface area contributed by atoms with E-state index in [9.17, 15) is 0 Å². The lowest BCUT2D eigenvalue weighted by molar-refractivity contribution is 0.237. The number of nitrogens with zero attached hydrogens (tertiary/aromatic N) is 1. The summed E-state index contributed by atoms with van der Waals surface area (Å²) in [6, 6.07) is 8.77. The molecule has 1 aliphatic rings. The van der Waals surface area contributed by atoms with Crippen LogP contribution in [0.5, 0.6) is 0 Å². The predicted octanol–water partition coefficient (Wildman–Crippen LogP) is 1.38. The van der Waals surface area contributed by atoms with Crippen LogP contribution in [0, 0.1) is 6.92 Å². The van der Waals surface area contributed by atoms with E-state index in [2.05, 4.69) is 46.7 Å². The third-order valence-electron chi connectivity index (χ3n) is 3.49. The van der Waals surface area contributed by atoms with Crippen molar-refractivity contribution in [2.75, 3.05) is 39.3 Å². The maximum absolute atomic E-state index is 3.52. The zero-order valence-electron chi connectivity index (χ0n) is 11.4. The zero-order chi connectivity index (χ0) is 12.6. The van der Waals surface area contributed by atoms with Crippen molar-refractivity contribution in [2.24, 2.45) is 0 Å². The molecule has 0 aliphatic carbocycles. The van der Waals surface area contributed by atoms with Gasteiger partial charge in [-0.3, -0.25) is 0 Å². The molecule has 1 aliphatic heterocycles. The zero-order valence-corrected chi connectivity index (χ0v) is 11.4. The number of nitrogens with one attached hydrogen (secondary N) is 2. The van der Waals surface area contributed by atoms with Crippen molar-refractivity contribution in [1.82, 2.24) is 15.5 Å². The third kappa shape index (κ3) is 4.77. The molecule has 0 spiro atoms. The van der Waals surface area contributed by atoms with Crippen LogP contribution in [-0.2, 0) is 6.54 Å². The molecular weight excluding hydrogens is 222 g/mol. The molecule has 0 saturated carbocycles. The summed E-state index contributed by atoms with van der Waals surface area (Å²) in [6.07, 6.45) is 1.24. The Morgan fingerprint density at radius 3 is 2.61 bits per heavy atom. The van der Waals surface area contributed by atoms with Crippen molar-refractivity contribution >= 4 is 0 Å². The molecule has 0 aromatic heterocycles. The highest BCUT2D eigenvalue weighted by Crippen LogP contribution is 2.02. The maximum Gasteiger partial charge on any atom is 0.0205 e. The lowest BCUT2D eigenvalue weighted by atomic mass is 10.1. The van der Waals surface area contributed by atoms with E-state index in [1.54, 1.807) is 0 Å². The van der Waals surface area contributed by atoms with Crippen molar-refractivity contribution < 1.29 is 0 Å². The van der Waals surface area contributed by atoms with Gasteiger partial charge in [0.2, 0.25) is 0 Å². The number of hydrogen-bond donors (Lipinski definition) is 2. The number of hydrogen-bond acceptors (Lipinski definition) is 3. The van der Waals surface area contributed by atoms with E-state index in [1.807, 2.05) is 0 Å². The van der Waals surface area contributed by atoms with Crippen LogP contribution in [-0.4, -0.2) is 44.2 Å². The highest BCUT2D eigenvalue weighted by molar-refractivity contribution is 5.20. The molecule has 1 heterocycles. The fourth-order valence-corrected chi connectivity index (χ4v) is 2.30. The van der Waals surface area contributed by atoms with Crippen LogP contribution >= 0.6 is 0 Å². The SMILES string of the molecule is Cc1ccc(CNCCCN2CCNCC2)cc1. The van der Waals surface area contributed by atoms with E-state index >= 15 is 0 Å². The quantitative estimate of drug-likeness (QED) is 0.744. The normalized spacial score (nSPS) is 16.9. The largest absolute Gasteiger partial charge is 0.314 e. The minimum atomic E-state index is 0.988. The van der Waals surface area contributed by atoms with Gasteiger partial charge in [-0.05, 0) is 32.0 Å². The highest BCUT2D eigenvalue weighted by Gasteiger charge is 2.07. The fourth-order valence-electron chi connectivity index (χ4n) is 2.30. The summed E-state index contributed by atoms with van der Waals surface area (Å²) >= 11 is 0. The molecule has 0 radical (unpaired) electrons. The van der Waals surface area contributed by atoms with Gasteiger partial charge >= 0.3 is 0 Å². The van der Waals surface area contributed by atoms with Gasteiger partial charge in [0.25, 0.3) is 0 Å². The first-order valence-corrected chi connectivity index (χ1v) is 7.04. The second kappa shape index (κ2) is 7.52. The summed E-state index contributed by atoms with van der Waals surface area (Å²) in [6.45, 7) is 10.2. The van der Waals surface area contributed by atoms with Gasteiger partial charge in [-0.1, -0.05) is 29.8 Å². The second-order valence-electron chi connectivity index (χ2n) is 5.11. The van der Waals surface area contributed by atoms with E-state index in [1.165, 1.54) is 37.2 Å². The van der Waals surface area contributed by atoms with Crippen molar-refractivity contribution in [3.05, 3.63) is 35.4 Å². The molecule has 3 nitrogen and oxygen atoms in total. The Bertz CT molecular complexity index is 328. The summed E-state index contributed by atoms with van der Waals surface area (Å²) in [5, 5.41) is 6.90. The van der Waals surface area contributed by atoms with Gasteiger partial charge in [0.05, 0.1) is 0 Å². The molecule has 0 atom stereocenters. The van der Waals surface area contributed by atoms with Crippen LogP contribution in [0.15, 0.2) is 24.3 Å². The molecule has 0 amide bonds. The standard InChI is InChI=1S/C15H25N3/c1-14-3-5-15(6-4-14)13-17-7-2-10-18-11-8-16-9-12-18/h3-6,16-17H,2,7-13H2,1H3. The third-order valence-corrected chi connectivity index (χ3v) is 3.49. The molecule has 1 fully saturated rings. The molecule has 100 valence electrons. The van der Waals surface area contributed by atoms with Gasteiger partial charge in [0.1, 0.15) is 0 Å². The Balaban J connectivity index is 1.54. The van der Waals surface area contributed by atoms with Crippen LogP contribution in [0.2, 0.25) is 0 Å². The monoisotopic (exact) mass is 247 g/mol. The molecule has 2 rings (SSSR count). The molecule has 3 heteroatoms. The van der Waals surface area contributed by atoms with Gasteiger partial charge in [-0.25, -0.2) is 0 Å². The Morgan fingerprint density at radius 2 is 1.89 bits per heavy atom. The Labute approximate surface area is 111 Å². The highest BCUT2D eigenvalue weighted by atomic mass is 15.2. The molecule has 1 aromatic carbocycles. The lowest BCUT2D eigenvalue weighted by Crippen LogP contribution is -2.44. The fraction of sp³-hybridized carbons (Fsp3) is 0.600. The molecule has 1 saturated heterocycles. The summed E-state index contributed by atoms with van der Waals surface area (Å²) in [5.41, 5.74) is 2.71. The first-order chi connectivity index (χ1) is 8.84. The molecule has 2 N–H and O–H groups in total. The number of aryl methyl sites for hydroxylation is 1. The Morgan fingerprint density at radius 1 is 1.17 bits per heavy atom. The summed E-state index contributed by atoms with van der Waals surface area (Å²) in [4.78, 5) is 2.55.